The summed E-state index contributed by atoms with van der Waals surface area (Å²) in [4.78, 5) is 28.0. The Morgan fingerprint density at radius 2 is 2.37 bits per heavy atom. The van der Waals surface area contributed by atoms with Crippen LogP contribution in [0, 0.1) is 0 Å². The summed E-state index contributed by atoms with van der Waals surface area (Å²) in [6.45, 7) is 4.60. The van der Waals surface area contributed by atoms with Crippen molar-refractivity contribution in [3.8, 4) is 0 Å². The molecule has 2 heterocycles. The van der Waals surface area contributed by atoms with Gasteiger partial charge >= 0.3 is 0 Å². The zero-order valence-corrected chi connectivity index (χ0v) is 11.3. The van der Waals surface area contributed by atoms with E-state index in [1.165, 1.54) is 6.07 Å². The third-order valence-corrected chi connectivity index (χ3v) is 3.39. The average Bonchev–Trinajstić information content (AvgIpc) is 2.44. The van der Waals surface area contributed by atoms with Gasteiger partial charge in [-0.3, -0.25) is 9.59 Å². The van der Waals surface area contributed by atoms with Crippen molar-refractivity contribution in [3.05, 3.63) is 34.2 Å². The van der Waals surface area contributed by atoms with Gasteiger partial charge in [0.05, 0.1) is 0 Å². The number of H-pyrrole nitrogens is 1. The van der Waals surface area contributed by atoms with Crippen LogP contribution in [0.5, 0.6) is 0 Å². The molecule has 1 aromatic rings. The highest BCUT2D eigenvalue weighted by molar-refractivity contribution is 5.92. The minimum Gasteiger partial charge on any atom is -0.336 e. The SMILES string of the molecule is CCCNC1CCCN(C(=O)c2cccc(=O)[nH]2)C1. The fourth-order valence-electron chi connectivity index (χ4n) is 2.42. The van der Waals surface area contributed by atoms with Gasteiger partial charge in [0.1, 0.15) is 5.69 Å². The number of rotatable bonds is 4. The van der Waals surface area contributed by atoms with E-state index < -0.39 is 0 Å². The van der Waals surface area contributed by atoms with Gasteiger partial charge in [0, 0.05) is 25.2 Å². The number of hydrogen-bond acceptors (Lipinski definition) is 3. The average molecular weight is 263 g/mol. The van der Waals surface area contributed by atoms with Gasteiger partial charge in [0.25, 0.3) is 5.91 Å². The van der Waals surface area contributed by atoms with E-state index in [4.69, 9.17) is 0 Å². The molecule has 19 heavy (non-hydrogen) atoms. The highest BCUT2D eigenvalue weighted by Gasteiger charge is 2.24. The van der Waals surface area contributed by atoms with Gasteiger partial charge in [0.15, 0.2) is 0 Å². The first-order valence-electron chi connectivity index (χ1n) is 6.92. The van der Waals surface area contributed by atoms with Crippen LogP contribution in [0.2, 0.25) is 0 Å². The van der Waals surface area contributed by atoms with Gasteiger partial charge in [-0.25, -0.2) is 0 Å². The molecule has 1 aromatic heterocycles. The van der Waals surface area contributed by atoms with Crippen molar-refractivity contribution in [2.24, 2.45) is 0 Å². The van der Waals surface area contributed by atoms with Crippen molar-refractivity contribution < 1.29 is 4.79 Å². The van der Waals surface area contributed by atoms with E-state index in [0.717, 1.165) is 38.9 Å². The van der Waals surface area contributed by atoms with Gasteiger partial charge in [-0.1, -0.05) is 13.0 Å². The number of piperidine rings is 1. The summed E-state index contributed by atoms with van der Waals surface area (Å²) < 4.78 is 0. The van der Waals surface area contributed by atoms with Crippen LogP contribution in [0.25, 0.3) is 0 Å². The first-order chi connectivity index (χ1) is 9.20. The normalized spacial score (nSPS) is 19.4. The van der Waals surface area contributed by atoms with Crippen molar-refractivity contribution >= 4 is 5.91 Å². The Bertz CT molecular complexity index is 484. The second kappa shape index (κ2) is 6.52. The van der Waals surface area contributed by atoms with Crippen LogP contribution in [0.15, 0.2) is 23.0 Å². The fourth-order valence-corrected chi connectivity index (χ4v) is 2.42. The molecule has 0 radical (unpaired) electrons. The van der Waals surface area contributed by atoms with Crippen LogP contribution in [-0.2, 0) is 0 Å². The minimum atomic E-state index is -0.233. The molecule has 1 saturated heterocycles. The molecule has 0 aromatic carbocycles. The zero-order chi connectivity index (χ0) is 13.7. The van der Waals surface area contributed by atoms with E-state index in [9.17, 15) is 9.59 Å². The lowest BCUT2D eigenvalue weighted by atomic mass is 10.1. The second-order valence-electron chi connectivity index (χ2n) is 4.97. The van der Waals surface area contributed by atoms with Crippen molar-refractivity contribution in [1.82, 2.24) is 15.2 Å². The standard InChI is InChI=1S/C14H21N3O2/c1-2-8-15-11-5-4-9-17(10-11)14(19)12-6-3-7-13(18)16-12/h3,6-7,11,15H,2,4-5,8-10H2,1H3,(H,16,18). The number of amides is 1. The smallest absolute Gasteiger partial charge is 0.270 e. The molecule has 1 fully saturated rings. The van der Waals surface area contributed by atoms with E-state index in [0.29, 0.717) is 11.7 Å². The quantitative estimate of drug-likeness (QED) is 0.851. The highest BCUT2D eigenvalue weighted by atomic mass is 16.2. The Labute approximate surface area is 113 Å². The third kappa shape index (κ3) is 3.67. The first-order valence-corrected chi connectivity index (χ1v) is 6.92. The lowest BCUT2D eigenvalue weighted by Crippen LogP contribution is -2.48. The molecule has 0 spiro atoms. The zero-order valence-electron chi connectivity index (χ0n) is 11.3. The summed E-state index contributed by atoms with van der Waals surface area (Å²) in [5.74, 6) is -0.0827. The molecule has 5 nitrogen and oxygen atoms in total. The maximum Gasteiger partial charge on any atom is 0.270 e. The summed E-state index contributed by atoms with van der Waals surface area (Å²) >= 11 is 0. The van der Waals surface area contributed by atoms with E-state index in [1.807, 2.05) is 4.90 Å². The molecule has 0 bridgehead atoms. The van der Waals surface area contributed by atoms with E-state index in [1.54, 1.807) is 12.1 Å². The van der Waals surface area contributed by atoms with Crippen molar-refractivity contribution in [3.63, 3.8) is 0 Å². The maximum atomic E-state index is 12.3. The molecule has 0 aliphatic carbocycles. The molecule has 5 heteroatoms. The molecule has 1 atom stereocenters. The lowest BCUT2D eigenvalue weighted by Gasteiger charge is -2.33. The van der Waals surface area contributed by atoms with Crippen LogP contribution < -0.4 is 10.9 Å². The summed E-state index contributed by atoms with van der Waals surface area (Å²) in [6.07, 6.45) is 3.20. The highest BCUT2D eigenvalue weighted by Crippen LogP contribution is 2.12. The van der Waals surface area contributed by atoms with E-state index in [2.05, 4.69) is 17.2 Å². The molecule has 1 unspecified atom stereocenters. The number of nitrogens with one attached hydrogen (secondary N) is 2. The number of nitrogens with zero attached hydrogens (tertiary/aromatic N) is 1. The van der Waals surface area contributed by atoms with Crippen molar-refractivity contribution in [2.45, 2.75) is 32.2 Å². The predicted molar refractivity (Wildman–Crippen MR) is 74.3 cm³/mol. The van der Waals surface area contributed by atoms with Crippen LogP contribution in [0.3, 0.4) is 0 Å². The number of pyridine rings is 1. The number of carbonyl (C=O) groups is 1. The van der Waals surface area contributed by atoms with Crippen LogP contribution in [0.1, 0.15) is 36.7 Å². The Morgan fingerprint density at radius 1 is 1.53 bits per heavy atom. The van der Waals surface area contributed by atoms with E-state index in [-0.39, 0.29) is 11.5 Å². The van der Waals surface area contributed by atoms with Crippen molar-refractivity contribution in [1.29, 1.82) is 0 Å². The van der Waals surface area contributed by atoms with Gasteiger partial charge in [-0.05, 0) is 31.9 Å². The molecular formula is C14H21N3O2. The van der Waals surface area contributed by atoms with Gasteiger partial charge in [-0.15, -0.1) is 0 Å². The third-order valence-electron chi connectivity index (χ3n) is 3.39. The summed E-state index contributed by atoms with van der Waals surface area (Å²) in [6, 6.07) is 5.06. The second-order valence-corrected chi connectivity index (χ2v) is 4.97. The number of carbonyl (C=O) groups excluding carboxylic acids is 1. The predicted octanol–water partition coefficient (Wildman–Crippen LogP) is 0.979. The fraction of sp³-hybridized carbons (Fsp3) is 0.571. The van der Waals surface area contributed by atoms with Gasteiger partial charge in [0.2, 0.25) is 5.56 Å². The Hall–Kier alpha value is -1.62. The van der Waals surface area contributed by atoms with Gasteiger partial charge < -0.3 is 15.2 Å². The molecule has 1 amide bonds. The molecular weight excluding hydrogens is 242 g/mol. The van der Waals surface area contributed by atoms with Crippen molar-refractivity contribution in [2.75, 3.05) is 19.6 Å². The number of hydrogen-bond donors (Lipinski definition) is 2. The molecule has 1 aliphatic rings. The summed E-state index contributed by atoms with van der Waals surface area (Å²) in [5.41, 5.74) is 0.146. The molecule has 104 valence electrons. The van der Waals surface area contributed by atoms with Crippen LogP contribution in [-0.4, -0.2) is 41.5 Å². The lowest BCUT2D eigenvalue weighted by molar-refractivity contribution is 0.0689. The largest absolute Gasteiger partial charge is 0.336 e. The van der Waals surface area contributed by atoms with Gasteiger partial charge in [-0.2, -0.15) is 0 Å². The Balaban J connectivity index is 2.00. The molecule has 2 rings (SSSR count). The molecule has 1 aliphatic heterocycles. The molecule has 0 saturated carbocycles. The first kappa shape index (κ1) is 13.8. The number of likely N-dealkylation sites (tertiary alicyclic amines) is 1. The topological polar surface area (TPSA) is 65.2 Å². The summed E-state index contributed by atoms with van der Waals surface area (Å²) in [5, 5.41) is 3.45. The van der Waals surface area contributed by atoms with Crippen LogP contribution >= 0.6 is 0 Å². The number of aromatic nitrogens is 1. The Kier molecular flexibility index (Phi) is 4.74. The number of aromatic amines is 1. The summed E-state index contributed by atoms with van der Waals surface area (Å²) in [7, 11) is 0. The van der Waals surface area contributed by atoms with Crippen LogP contribution in [0.4, 0.5) is 0 Å². The maximum absolute atomic E-state index is 12.3. The molecule has 2 N–H and O–H groups in total. The monoisotopic (exact) mass is 263 g/mol. The minimum absolute atomic E-state index is 0.0827. The Morgan fingerprint density at radius 3 is 3.11 bits per heavy atom. The van der Waals surface area contributed by atoms with E-state index >= 15 is 0 Å².